The van der Waals surface area contributed by atoms with Crippen molar-refractivity contribution in [1.82, 2.24) is 4.90 Å². The SMILES string of the molecule is C/C=C/CCC(=O)N(CCCCCCCC)CC(=O)O. The van der Waals surface area contributed by atoms with Gasteiger partial charge in [-0.2, -0.15) is 0 Å². The van der Waals surface area contributed by atoms with Crippen LogP contribution in [0.4, 0.5) is 0 Å². The van der Waals surface area contributed by atoms with Crippen LogP contribution in [-0.4, -0.2) is 35.0 Å². The summed E-state index contributed by atoms with van der Waals surface area (Å²) in [6.07, 6.45) is 11.7. The van der Waals surface area contributed by atoms with Gasteiger partial charge in [-0.3, -0.25) is 9.59 Å². The second kappa shape index (κ2) is 12.7. The minimum Gasteiger partial charge on any atom is -0.480 e. The molecule has 0 bridgehead atoms. The fourth-order valence-electron chi connectivity index (χ4n) is 2.07. The average Bonchev–Trinajstić information content (AvgIpc) is 2.41. The monoisotopic (exact) mass is 283 g/mol. The van der Waals surface area contributed by atoms with E-state index in [1.165, 1.54) is 30.6 Å². The van der Waals surface area contributed by atoms with Crippen LogP contribution in [0.2, 0.25) is 0 Å². The molecule has 1 N–H and O–H groups in total. The lowest BCUT2D eigenvalue weighted by Gasteiger charge is -2.20. The van der Waals surface area contributed by atoms with E-state index in [0.29, 0.717) is 19.4 Å². The summed E-state index contributed by atoms with van der Waals surface area (Å²) in [7, 11) is 0. The number of carbonyl (C=O) groups is 2. The van der Waals surface area contributed by atoms with Crippen molar-refractivity contribution in [2.75, 3.05) is 13.1 Å². The molecule has 4 heteroatoms. The number of carboxylic acid groups (broad SMARTS) is 1. The van der Waals surface area contributed by atoms with E-state index in [1.54, 1.807) is 0 Å². The molecule has 0 radical (unpaired) electrons. The Labute approximate surface area is 122 Å². The highest BCUT2D eigenvalue weighted by Crippen LogP contribution is 2.07. The van der Waals surface area contributed by atoms with E-state index in [2.05, 4.69) is 6.92 Å². The molecule has 20 heavy (non-hydrogen) atoms. The fraction of sp³-hybridized carbons (Fsp3) is 0.750. The Bertz CT molecular complexity index is 300. The van der Waals surface area contributed by atoms with Gasteiger partial charge in [0.25, 0.3) is 0 Å². The summed E-state index contributed by atoms with van der Waals surface area (Å²) in [4.78, 5) is 24.2. The first-order chi connectivity index (χ1) is 9.61. The van der Waals surface area contributed by atoms with Gasteiger partial charge in [-0.25, -0.2) is 0 Å². The third-order valence-electron chi connectivity index (χ3n) is 3.22. The van der Waals surface area contributed by atoms with E-state index < -0.39 is 5.97 Å². The van der Waals surface area contributed by atoms with Crippen LogP contribution in [0.1, 0.15) is 65.2 Å². The molecule has 0 aliphatic rings. The van der Waals surface area contributed by atoms with Crippen LogP contribution in [0.15, 0.2) is 12.2 Å². The molecular weight excluding hydrogens is 254 g/mol. The zero-order valence-corrected chi connectivity index (χ0v) is 12.9. The summed E-state index contributed by atoms with van der Waals surface area (Å²) in [5.41, 5.74) is 0. The first-order valence-corrected chi connectivity index (χ1v) is 7.72. The van der Waals surface area contributed by atoms with Gasteiger partial charge in [0.15, 0.2) is 0 Å². The number of aliphatic carboxylic acids is 1. The highest BCUT2D eigenvalue weighted by Gasteiger charge is 2.15. The molecule has 4 nitrogen and oxygen atoms in total. The van der Waals surface area contributed by atoms with E-state index in [9.17, 15) is 9.59 Å². The van der Waals surface area contributed by atoms with Crippen LogP contribution in [-0.2, 0) is 9.59 Å². The van der Waals surface area contributed by atoms with Gasteiger partial charge in [0.1, 0.15) is 6.54 Å². The summed E-state index contributed by atoms with van der Waals surface area (Å²) in [5.74, 6) is -0.991. The van der Waals surface area contributed by atoms with Crippen LogP contribution < -0.4 is 0 Å². The number of hydrogen-bond donors (Lipinski definition) is 1. The van der Waals surface area contributed by atoms with Crippen LogP contribution in [0.25, 0.3) is 0 Å². The Hall–Kier alpha value is -1.32. The number of rotatable bonds is 12. The molecule has 0 spiro atoms. The Balaban J connectivity index is 4.00. The fourth-order valence-corrected chi connectivity index (χ4v) is 2.07. The molecule has 0 saturated heterocycles. The Morgan fingerprint density at radius 2 is 1.75 bits per heavy atom. The van der Waals surface area contributed by atoms with Crippen molar-refractivity contribution in [2.45, 2.75) is 65.2 Å². The molecule has 0 atom stereocenters. The number of hydrogen-bond acceptors (Lipinski definition) is 2. The minimum atomic E-state index is -0.935. The van der Waals surface area contributed by atoms with Gasteiger partial charge >= 0.3 is 5.97 Å². The Morgan fingerprint density at radius 3 is 2.35 bits per heavy atom. The lowest BCUT2D eigenvalue weighted by atomic mass is 10.1. The molecule has 1 amide bonds. The van der Waals surface area contributed by atoms with Crippen LogP contribution in [0.5, 0.6) is 0 Å². The van der Waals surface area contributed by atoms with Gasteiger partial charge in [0.2, 0.25) is 5.91 Å². The van der Waals surface area contributed by atoms with Crippen LogP contribution in [0, 0.1) is 0 Å². The molecule has 0 aliphatic heterocycles. The van der Waals surface area contributed by atoms with E-state index in [-0.39, 0.29) is 12.5 Å². The third kappa shape index (κ3) is 10.6. The van der Waals surface area contributed by atoms with Gasteiger partial charge in [0.05, 0.1) is 0 Å². The number of carboxylic acids is 1. The maximum absolute atomic E-state index is 11.9. The second-order valence-electron chi connectivity index (χ2n) is 5.08. The van der Waals surface area contributed by atoms with Gasteiger partial charge < -0.3 is 10.0 Å². The zero-order valence-electron chi connectivity index (χ0n) is 12.9. The Morgan fingerprint density at radius 1 is 1.10 bits per heavy atom. The summed E-state index contributed by atoms with van der Waals surface area (Å²) in [6.45, 7) is 4.48. The quantitative estimate of drug-likeness (QED) is 0.439. The number of amides is 1. The van der Waals surface area contributed by atoms with Crippen molar-refractivity contribution in [3.8, 4) is 0 Å². The van der Waals surface area contributed by atoms with Crippen molar-refractivity contribution in [2.24, 2.45) is 0 Å². The van der Waals surface area contributed by atoms with Crippen molar-refractivity contribution < 1.29 is 14.7 Å². The topological polar surface area (TPSA) is 57.6 Å². The average molecular weight is 283 g/mol. The number of carbonyl (C=O) groups excluding carboxylic acids is 1. The molecule has 0 rings (SSSR count). The van der Waals surface area contributed by atoms with E-state index in [0.717, 1.165) is 12.8 Å². The molecule has 0 aromatic rings. The first-order valence-electron chi connectivity index (χ1n) is 7.72. The standard InChI is InChI=1S/C16H29NO3/c1-3-5-7-8-9-11-13-17(14-16(19)20)15(18)12-10-6-4-2/h4,6H,3,5,7-14H2,1-2H3,(H,19,20)/b6-4+. The summed E-state index contributed by atoms with van der Waals surface area (Å²) in [5, 5.41) is 8.87. The van der Waals surface area contributed by atoms with Gasteiger partial charge in [0, 0.05) is 13.0 Å². The normalized spacial score (nSPS) is 10.9. The molecule has 0 aromatic heterocycles. The van der Waals surface area contributed by atoms with E-state index in [4.69, 9.17) is 5.11 Å². The second-order valence-corrected chi connectivity index (χ2v) is 5.08. The highest BCUT2D eigenvalue weighted by molar-refractivity contribution is 5.81. The maximum atomic E-state index is 11.9. The summed E-state index contributed by atoms with van der Waals surface area (Å²) >= 11 is 0. The molecule has 0 saturated carbocycles. The number of allylic oxidation sites excluding steroid dienone is 2. The number of unbranched alkanes of at least 4 members (excludes halogenated alkanes) is 5. The highest BCUT2D eigenvalue weighted by atomic mass is 16.4. The lowest BCUT2D eigenvalue weighted by molar-refractivity contribution is -0.144. The predicted molar refractivity (Wildman–Crippen MR) is 81.6 cm³/mol. The first kappa shape index (κ1) is 18.7. The zero-order chi connectivity index (χ0) is 15.2. The van der Waals surface area contributed by atoms with Crippen molar-refractivity contribution in [3.05, 3.63) is 12.2 Å². The van der Waals surface area contributed by atoms with Crippen LogP contribution in [0.3, 0.4) is 0 Å². The smallest absolute Gasteiger partial charge is 0.323 e. The summed E-state index contributed by atoms with van der Waals surface area (Å²) < 4.78 is 0. The van der Waals surface area contributed by atoms with Crippen molar-refractivity contribution >= 4 is 11.9 Å². The lowest BCUT2D eigenvalue weighted by Crippen LogP contribution is -2.36. The molecule has 116 valence electrons. The molecule has 0 heterocycles. The van der Waals surface area contributed by atoms with Gasteiger partial charge in [-0.15, -0.1) is 0 Å². The van der Waals surface area contributed by atoms with Crippen molar-refractivity contribution in [3.63, 3.8) is 0 Å². The van der Waals surface area contributed by atoms with Crippen molar-refractivity contribution in [1.29, 1.82) is 0 Å². The minimum absolute atomic E-state index is 0.0564. The predicted octanol–water partition coefficient (Wildman–Crippen LogP) is 3.62. The molecular formula is C16H29NO3. The third-order valence-corrected chi connectivity index (χ3v) is 3.22. The summed E-state index contributed by atoms with van der Waals surface area (Å²) in [6, 6.07) is 0. The maximum Gasteiger partial charge on any atom is 0.323 e. The van der Waals surface area contributed by atoms with E-state index in [1.807, 2.05) is 19.1 Å². The molecule has 0 aliphatic carbocycles. The largest absolute Gasteiger partial charge is 0.480 e. The van der Waals surface area contributed by atoms with Gasteiger partial charge in [-0.1, -0.05) is 51.2 Å². The number of nitrogens with zero attached hydrogens (tertiary/aromatic N) is 1. The van der Waals surface area contributed by atoms with Gasteiger partial charge in [-0.05, 0) is 19.8 Å². The van der Waals surface area contributed by atoms with Crippen LogP contribution >= 0.6 is 0 Å². The molecule has 0 fully saturated rings. The molecule has 0 aromatic carbocycles. The Kier molecular flexibility index (Phi) is 11.9. The molecule has 0 unspecified atom stereocenters. The van der Waals surface area contributed by atoms with E-state index >= 15 is 0 Å².